The molecule has 0 saturated heterocycles. The van der Waals surface area contributed by atoms with E-state index in [1.807, 2.05) is 20.8 Å². The zero-order chi connectivity index (χ0) is 22.1. The summed E-state index contributed by atoms with van der Waals surface area (Å²) in [7, 11) is 0. The van der Waals surface area contributed by atoms with E-state index in [-0.39, 0.29) is 24.3 Å². The second-order valence-electron chi connectivity index (χ2n) is 6.84. The molecule has 0 atom stereocenters. The minimum absolute atomic E-state index is 0.00480. The van der Waals surface area contributed by atoms with Crippen LogP contribution >= 0.6 is 0 Å². The van der Waals surface area contributed by atoms with Crippen LogP contribution in [0, 0.1) is 6.92 Å². The van der Waals surface area contributed by atoms with Gasteiger partial charge < -0.3 is 20.9 Å². The molecule has 0 aliphatic carbocycles. The minimum Gasteiger partial charge on any atom is -0.376 e. The van der Waals surface area contributed by atoms with Gasteiger partial charge in [0.2, 0.25) is 11.8 Å². The molecule has 7 heteroatoms. The highest BCUT2D eigenvalue weighted by molar-refractivity contribution is 5.97. The van der Waals surface area contributed by atoms with Gasteiger partial charge in [-0.2, -0.15) is 0 Å². The molecule has 0 unspecified atom stereocenters. The predicted molar refractivity (Wildman–Crippen MR) is 121 cm³/mol. The van der Waals surface area contributed by atoms with Gasteiger partial charge in [-0.1, -0.05) is 13.0 Å². The van der Waals surface area contributed by atoms with Gasteiger partial charge in [0.05, 0.1) is 6.54 Å². The third-order valence-corrected chi connectivity index (χ3v) is 4.84. The number of rotatable bonds is 9. The van der Waals surface area contributed by atoms with Gasteiger partial charge in [-0.15, -0.1) is 0 Å². The number of nitrogens with one attached hydrogen (secondary N) is 3. The van der Waals surface area contributed by atoms with Crippen molar-refractivity contribution in [2.45, 2.75) is 34.1 Å². The van der Waals surface area contributed by atoms with Crippen LogP contribution in [0.5, 0.6) is 0 Å². The Balaban J connectivity index is 1.94. The lowest BCUT2D eigenvalue weighted by molar-refractivity contribution is -0.116. The molecule has 2 aromatic rings. The van der Waals surface area contributed by atoms with Crippen molar-refractivity contribution in [3.63, 3.8) is 0 Å². The molecule has 2 aromatic carbocycles. The SMILES string of the molecule is CCC(=O)Nc1cccc(NC(=O)CNc2ccc(C(=O)N(CC)CC)cc2)c1C. The third kappa shape index (κ3) is 6.07. The quantitative estimate of drug-likeness (QED) is 0.585. The van der Waals surface area contributed by atoms with Crippen molar-refractivity contribution in [1.82, 2.24) is 4.90 Å². The zero-order valence-electron chi connectivity index (χ0n) is 18.0. The molecule has 0 aliphatic heterocycles. The maximum atomic E-state index is 12.3. The maximum absolute atomic E-state index is 12.3. The Hall–Kier alpha value is -3.35. The van der Waals surface area contributed by atoms with Crippen molar-refractivity contribution in [1.29, 1.82) is 0 Å². The molecule has 0 spiro atoms. The van der Waals surface area contributed by atoms with Crippen LogP contribution in [0.1, 0.15) is 43.1 Å². The first-order valence-electron chi connectivity index (χ1n) is 10.2. The van der Waals surface area contributed by atoms with Crippen molar-refractivity contribution in [2.24, 2.45) is 0 Å². The first-order valence-corrected chi connectivity index (χ1v) is 10.2. The Morgan fingerprint density at radius 1 is 0.833 bits per heavy atom. The van der Waals surface area contributed by atoms with Crippen LogP contribution in [0.3, 0.4) is 0 Å². The van der Waals surface area contributed by atoms with E-state index in [0.717, 1.165) is 11.3 Å². The lowest BCUT2D eigenvalue weighted by Crippen LogP contribution is -2.30. The number of carbonyl (C=O) groups is 3. The van der Waals surface area contributed by atoms with Crippen LogP contribution in [-0.4, -0.2) is 42.3 Å². The normalized spacial score (nSPS) is 10.3. The van der Waals surface area contributed by atoms with E-state index in [1.54, 1.807) is 54.3 Å². The molecule has 0 heterocycles. The molecule has 0 radical (unpaired) electrons. The van der Waals surface area contributed by atoms with Crippen molar-refractivity contribution in [3.8, 4) is 0 Å². The van der Waals surface area contributed by atoms with Crippen LogP contribution in [0.4, 0.5) is 17.1 Å². The van der Waals surface area contributed by atoms with E-state index >= 15 is 0 Å². The van der Waals surface area contributed by atoms with E-state index in [0.29, 0.717) is 36.4 Å². The molecule has 7 nitrogen and oxygen atoms in total. The molecular weight excluding hydrogens is 380 g/mol. The smallest absolute Gasteiger partial charge is 0.253 e. The molecule has 2 rings (SSSR count). The van der Waals surface area contributed by atoms with Crippen molar-refractivity contribution < 1.29 is 14.4 Å². The average molecular weight is 411 g/mol. The maximum Gasteiger partial charge on any atom is 0.253 e. The van der Waals surface area contributed by atoms with Gasteiger partial charge in [-0.05, 0) is 62.7 Å². The Labute approximate surface area is 177 Å². The summed E-state index contributed by atoms with van der Waals surface area (Å²) in [5.74, 6) is -0.290. The highest BCUT2D eigenvalue weighted by Gasteiger charge is 2.12. The van der Waals surface area contributed by atoms with Crippen molar-refractivity contribution in [3.05, 3.63) is 53.6 Å². The van der Waals surface area contributed by atoms with E-state index in [1.165, 1.54) is 0 Å². The fourth-order valence-electron chi connectivity index (χ4n) is 2.95. The Morgan fingerprint density at radius 2 is 1.40 bits per heavy atom. The first-order chi connectivity index (χ1) is 14.4. The highest BCUT2D eigenvalue weighted by Crippen LogP contribution is 2.23. The largest absolute Gasteiger partial charge is 0.376 e. The van der Waals surface area contributed by atoms with Crippen LogP contribution in [-0.2, 0) is 9.59 Å². The molecule has 160 valence electrons. The summed E-state index contributed by atoms with van der Waals surface area (Å²) in [6, 6.07) is 12.5. The second-order valence-corrected chi connectivity index (χ2v) is 6.84. The molecule has 0 aromatic heterocycles. The number of hydrogen-bond donors (Lipinski definition) is 3. The van der Waals surface area contributed by atoms with E-state index in [9.17, 15) is 14.4 Å². The fraction of sp³-hybridized carbons (Fsp3) is 0.348. The molecular formula is C23H30N4O3. The molecule has 3 N–H and O–H groups in total. The van der Waals surface area contributed by atoms with E-state index < -0.39 is 0 Å². The van der Waals surface area contributed by atoms with Gasteiger partial charge in [-0.25, -0.2) is 0 Å². The number of amides is 3. The number of carbonyl (C=O) groups excluding carboxylic acids is 3. The number of nitrogens with zero attached hydrogens (tertiary/aromatic N) is 1. The number of anilines is 3. The summed E-state index contributed by atoms with van der Waals surface area (Å²) in [5.41, 5.74) is 3.50. The second kappa shape index (κ2) is 11.0. The molecule has 30 heavy (non-hydrogen) atoms. The van der Waals surface area contributed by atoms with Gasteiger partial charge in [0.1, 0.15) is 0 Å². The van der Waals surface area contributed by atoms with Gasteiger partial charge >= 0.3 is 0 Å². The van der Waals surface area contributed by atoms with Gasteiger partial charge in [0.25, 0.3) is 5.91 Å². The van der Waals surface area contributed by atoms with Crippen LogP contribution < -0.4 is 16.0 Å². The fourth-order valence-corrected chi connectivity index (χ4v) is 2.95. The summed E-state index contributed by atoms with van der Waals surface area (Å²) in [4.78, 5) is 38.1. The third-order valence-electron chi connectivity index (χ3n) is 4.84. The molecule has 0 saturated carbocycles. The summed E-state index contributed by atoms with van der Waals surface area (Å²) in [6.07, 6.45) is 0.388. The van der Waals surface area contributed by atoms with Crippen LogP contribution in [0.15, 0.2) is 42.5 Å². The summed E-state index contributed by atoms with van der Waals surface area (Å²) >= 11 is 0. The lowest BCUT2D eigenvalue weighted by atomic mass is 10.1. The lowest BCUT2D eigenvalue weighted by Gasteiger charge is -2.18. The van der Waals surface area contributed by atoms with Gasteiger partial charge in [0, 0.05) is 42.1 Å². The topological polar surface area (TPSA) is 90.5 Å². The Morgan fingerprint density at radius 3 is 1.93 bits per heavy atom. The van der Waals surface area contributed by atoms with Gasteiger partial charge in [-0.3, -0.25) is 14.4 Å². The number of benzene rings is 2. The van der Waals surface area contributed by atoms with E-state index in [4.69, 9.17) is 0 Å². The van der Waals surface area contributed by atoms with Crippen molar-refractivity contribution >= 4 is 34.8 Å². The van der Waals surface area contributed by atoms with Crippen molar-refractivity contribution in [2.75, 3.05) is 35.6 Å². The Bertz CT molecular complexity index is 890. The molecule has 3 amide bonds. The summed E-state index contributed by atoms with van der Waals surface area (Å²) in [5, 5.41) is 8.74. The minimum atomic E-state index is -0.208. The first kappa shape index (κ1) is 22.9. The van der Waals surface area contributed by atoms with Crippen LogP contribution in [0.25, 0.3) is 0 Å². The van der Waals surface area contributed by atoms with E-state index in [2.05, 4.69) is 16.0 Å². The molecule has 0 bridgehead atoms. The Kier molecular flexibility index (Phi) is 8.41. The monoisotopic (exact) mass is 410 g/mol. The zero-order valence-corrected chi connectivity index (χ0v) is 18.0. The van der Waals surface area contributed by atoms with Crippen LogP contribution in [0.2, 0.25) is 0 Å². The number of hydrogen-bond acceptors (Lipinski definition) is 4. The summed E-state index contributed by atoms with van der Waals surface area (Å²) < 4.78 is 0. The molecule has 0 fully saturated rings. The molecule has 0 aliphatic rings. The summed E-state index contributed by atoms with van der Waals surface area (Å²) in [6.45, 7) is 8.94. The highest BCUT2D eigenvalue weighted by atomic mass is 16.2. The van der Waals surface area contributed by atoms with Gasteiger partial charge in [0.15, 0.2) is 0 Å². The predicted octanol–water partition coefficient (Wildman–Crippen LogP) is 3.88. The standard InChI is InChI=1S/C23H30N4O3/c1-5-21(28)25-19-9-8-10-20(16(19)4)26-22(29)15-24-18-13-11-17(12-14-18)23(30)27(6-2)7-3/h8-14,24H,5-7,15H2,1-4H3,(H,25,28)(H,26,29). The average Bonchev–Trinajstić information content (AvgIpc) is 2.76.